The molecular weight excluding hydrogens is 376 g/mol. The number of aromatic amines is 1. The molecule has 2 aromatic heterocycles. The summed E-state index contributed by atoms with van der Waals surface area (Å²) in [5.74, 6) is 1.30. The van der Waals surface area contributed by atoms with Crippen molar-refractivity contribution in [2.24, 2.45) is 10.7 Å². The Balaban J connectivity index is 1.96. The number of carbonyl (C=O) groups is 1. The highest BCUT2D eigenvalue weighted by Gasteiger charge is 2.18. The highest BCUT2D eigenvalue weighted by atomic mass is 16.5. The number of benzene rings is 1. The van der Waals surface area contributed by atoms with Crippen LogP contribution in [0.2, 0.25) is 0 Å². The van der Waals surface area contributed by atoms with Crippen molar-refractivity contribution in [2.75, 3.05) is 26.6 Å². The van der Waals surface area contributed by atoms with Gasteiger partial charge in [-0.15, -0.1) is 0 Å². The number of anilines is 2. The van der Waals surface area contributed by atoms with E-state index < -0.39 is 5.91 Å². The van der Waals surface area contributed by atoms with E-state index in [4.69, 9.17) is 19.9 Å². The predicted octanol–water partition coefficient (Wildman–Crippen LogP) is 2.42. The Bertz CT molecular complexity index is 1030. The summed E-state index contributed by atoms with van der Waals surface area (Å²) >= 11 is 0. The van der Waals surface area contributed by atoms with Gasteiger partial charge < -0.3 is 25.3 Å². The highest BCUT2D eigenvalue weighted by Crippen LogP contribution is 2.34. The number of pyridine rings is 1. The molecule has 0 bridgehead atoms. The summed E-state index contributed by atoms with van der Waals surface area (Å²) in [5.41, 5.74) is 6.91. The fraction of sp³-hybridized carbons (Fsp3) is 0.158. The lowest BCUT2D eigenvalue weighted by Crippen LogP contribution is -2.12. The third kappa shape index (κ3) is 4.26. The van der Waals surface area contributed by atoms with E-state index in [-0.39, 0.29) is 17.2 Å². The summed E-state index contributed by atoms with van der Waals surface area (Å²) in [6.07, 6.45) is 4.74. The van der Waals surface area contributed by atoms with Gasteiger partial charge in [0.25, 0.3) is 5.91 Å². The van der Waals surface area contributed by atoms with Crippen molar-refractivity contribution in [2.45, 2.75) is 0 Å². The Morgan fingerprint density at radius 1 is 1.17 bits per heavy atom. The molecule has 0 unspecified atom stereocenters. The average molecular weight is 396 g/mol. The van der Waals surface area contributed by atoms with Crippen LogP contribution in [0.4, 0.5) is 17.3 Å². The van der Waals surface area contributed by atoms with Crippen molar-refractivity contribution in [3.63, 3.8) is 0 Å². The Labute approximate surface area is 166 Å². The molecule has 150 valence electrons. The lowest BCUT2D eigenvalue weighted by atomic mass is 10.2. The summed E-state index contributed by atoms with van der Waals surface area (Å²) in [6, 6.07) is 6.92. The van der Waals surface area contributed by atoms with Crippen molar-refractivity contribution < 1.29 is 19.0 Å². The van der Waals surface area contributed by atoms with Crippen LogP contribution in [-0.4, -0.2) is 48.6 Å². The molecule has 0 radical (unpaired) electrons. The minimum absolute atomic E-state index is 0.115. The SMILES string of the molecule is COc1cc(OC)c(OC)cc1/C=N/c1[nH]nc(Nc2cccnc2)c1C(N)=O. The number of carbonyl (C=O) groups excluding carboxylic acids is 1. The van der Waals surface area contributed by atoms with Crippen LogP contribution in [0.5, 0.6) is 17.2 Å². The largest absolute Gasteiger partial charge is 0.496 e. The van der Waals surface area contributed by atoms with Gasteiger partial charge in [0.05, 0.1) is 33.2 Å². The Hall–Kier alpha value is -4.08. The molecule has 0 aliphatic rings. The average Bonchev–Trinajstić information content (AvgIpc) is 3.14. The first-order valence-electron chi connectivity index (χ1n) is 8.46. The molecule has 0 saturated heterocycles. The minimum Gasteiger partial charge on any atom is -0.496 e. The molecule has 1 amide bonds. The molecule has 29 heavy (non-hydrogen) atoms. The van der Waals surface area contributed by atoms with Gasteiger partial charge in [-0.2, -0.15) is 5.10 Å². The fourth-order valence-corrected chi connectivity index (χ4v) is 2.61. The number of primary amides is 1. The molecule has 3 aromatic rings. The Morgan fingerprint density at radius 2 is 1.90 bits per heavy atom. The topological polar surface area (TPSA) is 137 Å². The first-order chi connectivity index (χ1) is 14.1. The monoisotopic (exact) mass is 396 g/mol. The molecule has 0 atom stereocenters. The van der Waals surface area contributed by atoms with E-state index in [0.29, 0.717) is 28.5 Å². The lowest BCUT2D eigenvalue weighted by Gasteiger charge is -2.11. The van der Waals surface area contributed by atoms with Crippen LogP contribution in [0, 0.1) is 0 Å². The number of rotatable bonds is 8. The maximum Gasteiger partial charge on any atom is 0.256 e. The molecule has 3 rings (SSSR count). The van der Waals surface area contributed by atoms with Crippen molar-refractivity contribution in [1.82, 2.24) is 15.2 Å². The van der Waals surface area contributed by atoms with Crippen LogP contribution < -0.4 is 25.3 Å². The molecule has 0 spiro atoms. The summed E-state index contributed by atoms with van der Waals surface area (Å²) in [6.45, 7) is 0. The van der Waals surface area contributed by atoms with Crippen molar-refractivity contribution >= 4 is 29.4 Å². The Morgan fingerprint density at radius 3 is 2.52 bits per heavy atom. The first-order valence-corrected chi connectivity index (χ1v) is 8.46. The standard InChI is InChI=1S/C19H20N6O4/c1-27-13-8-15(29-3)14(28-2)7-11(13)9-22-18-16(17(20)26)19(25-24-18)23-12-5-4-6-21-10-12/h4-10H,1-3H3,(H2,20,26)(H2,23,24,25)/b22-9+. The molecule has 10 nitrogen and oxygen atoms in total. The zero-order valence-electron chi connectivity index (χ0n) is 16.1. The second-order valence-corrected chi connectivity index (χ2v) is 5.73. The number of aliphatic imine (C=N–C) groups is 1. The van der Waals surface area contributed by atoms with E-state index in [1.165, 1.54) is 27.5 Å². The molecule has 0 saturated carbocycles. The van der Waals surface area contributed by atoms with Crippen LogP contribution in [0.3, 0.4) is 0 Å². The van der Waals surface area contributed by atoms with Gasteiger partial charge in [-0.1, -0.05) is 0 Å². The Kier molecular flexibility index (Phi) is 5.93. The summed E-state index contributed by atoms with van der Waals surface area (Å²) in [5, 5.41) is 9.79. The number of amides is 1. The molecule has 1 aromatic carbocycles. The molecule has 0 fully saturated rings. The zero-order valence-corrected chi connectivity index (χ0v) is 16.1. The number of nitrogens with zero attached hydrogens (tertiary/aromatic N) is 3. The van der Waals surface area contributed by atoms with Gasteiger partial charge in [-0.05, 0) is 18.2 Å². The highest BCUT2D eigenvalue weighted by molar-refractivity contribution is 6.03. The van der Waals surface area contributed by atoms with Gasteiger partial charge >= 0.3 is 0 Å². The number of methoxy groups -OCH3 is 3. The van der Waals surface area contributed by atoms with Crippen LogP contribution in [0.15, 0.2) is 41.7 Å². The summed E-state index contributed by atoms with van der Waals surface area (Å²) in [7, 11) is 4.59. The van der Waals surface area contributed by atoms with Crippen LogP contribution in [-0.2, 0) is 0 Å². The van der Waals surface area contributed by atoms with E-state index in [2.05, 4.69) is 25.5 Å². The van der Waals surface area contributed by atoms with Gasteiger partial charge in [0.2, 0.25) is 0 Å². The number of H-pyrrole nitrogens is 1. The minimum atomic E-state index is -0.684. The third-order valence-electron chi connectivity index (χ3n) is 3.99. The predicted molar refractivity (Wildman–Crippen MR) is 108 cm³/mol. The number of hydrogen-bond acceptors (Lipinski definition) is 8. The quantitative estimate of drug-likeness (QED) is 0.497. The molecule has 0 aliphatic carbocycles. The molecule has 4 N–H and O–H groups in total. The summed E-state index contributed by atoms with van der Waals surface area (Å²) in [4.78, 5) is 20.3. The summed E-state index contributed by atoms with van der Waals surface area (Å²) < 4.78 is 15.9. The van der Waals surface area contributed by atoms with E-state index >= 15 is 0 Å². The molecular formula is C19H20N6O4. The van der Waals surface area contributed by atoms with E-state index in [1.807, 2.05) is 0 Å². The first kappa shape index (κ1) is 19.7. The maximum absolute atomic E-state index is 12.0. The van der Waals surface area contributed by atoms with Crippen molar-refractivity contribution in [1.29, 1.82) is 0 Å². The smallest absolute Gasteiger partial charge is 0.256 e. The molecule has 10 heteroatoms. The molecule has 2 heterocycles. The van der Waals surface area contributed by atoms with Crippen molar-refractivity contribution in [3.8, 4) is 17.2 Å². The van der Waals surface area contributed by atoms with Gasteiger partial charge in [-0.3, -0.25) is 14.9 Å². The second kappa shape index (κ2) is 8.74. The van der Waals surface area contributed by atoms with Crippen molar-refractivity contribution in [3.05, 3.63) is 47.8 Å². The fourth-order valence-electron chi connectivity index (χ4n) is 2.61. The van der Waals surface area contributed by atoms with E-state index in [0.717, 1.165) is 0 Å². The van der Waals surface area contributed by atoms with Gasteiger partial charge in [0, 0.05) is 24.0 Å². The molecule has 0 aliphatic heterocycles. The van der Waals surface area contributed by atoms with Crippen LogP contribution in [0.25, 0.3) is 0 Å². The van der Waals surface area contributed by atoms with Gasteiger partial charge in [0.1, 0.15) is 11.3 Å². The zero-order chi connectivity index (χ0) is 20.8. The second-order valence-electron chi connectivity index (χ2n) is 5.73. The third-order valence-corrected chi connectivity index (χ3v) is 3.99. The van der Waals surface area contributed by atoms with E-state index in [1.54, 1.807) is 36.7 Å². The number of nitrogens with one attached hydrogen (secondary N) is 2. The van der Waals surface area contributed by atoms with Gasteiger partial charge in [-0.25, -0.2) is 4.99 Å². The normalized spacial score (nSPS) is 10.7. The van der Waals surface area contributed by atoms with Gasteiger partial charge in [0.15, 0.2) is 23.1 Å². The maximum atomic E-state index is 12.0. The number of ether oxygens (including phenoxy) is 3. The van der Waals surface area contributed by atoms with Crippen LogP contribution in [0.1, 0.15) is 15.9 Å². The lowest BCUT2D eigenvalue weighted by molar-refractivity contribution is 0.100. The number of hydrogen-bond donors (Lipinski definition) is 3. The number of nitrogens with two attached hydrogens (primary N) is 1. The number of aromatic nitrogens is 3. The van der Waals surface area contributed by atoms with E-state index in [9.17, 15) is 4.79 Å². The van der Waals surface area contributed by atoms with Crippen LogP contribution >= 0.6 is 0 Å².